The van der Waals surface area contributed by atoms with Gasteiger partial charge in [0.1, 0.15) is 0 Å². The van der Waals surface area contributed by atoms with E-state index >= 15 is 0 Å². The molecular formula is C22H21ClN2O3. The monoisotopic (exact) mass is 396 g/mol. The number of nitrogens with one attached hydrogen (secondary N) is 1. The van der Waals surface area contributed by atoms with Gasteiger partial charge in [0.15, 0.2) is 0 Å². The molecule has 0 fully saturated rings. The fourth-order valence-corrected chi connectivity index (χ4v) is 4.00. The van der Waals surface area contributed by atoms with E-state index in [-0.39, 0.29) is 11.9 Å². The van der Waals surface area contributed by atoms with E-state index in [1.807, 2.05) is 41.3 Å². The highest BCUT2D eigenvalue weighted by atomic mass is 35.5. The minimum atomic E-state index is -0.361. The van der Waals surface area contributed by atoms with Gasteiger partial charge in [0.2, 0.25) is 5.91 Å². The van der Waals surface area contributed by atoms with Gasteiger partial charge in [-0.05, 0) is 36.2 Å². The van der Waals surface area contributed by atoms with Crippen molar-refractivity contribution < 1.29 is 14.3 Å². The molecule has 0 radical (unpaired) electrons. The Balaban J connectivity index is 1.52. The van der Waals surface area contributed by atoms with Gasteiger partial charge in [-0.3, -0.25) is 4.79 Å². The highest BCUT2D eigenvalue weighted by Gasteiger charge is 2.24. The third-order valence-electron chi connectivity index (χ3n) is 5.32. The number of hydrogen-bond acceptors (Lipinski definition) is 3. The third-order valence-corrected chi connectivity index (χ3v) is 5.68. The van der Waals surface area contributed by atoms with Gasteiger partial charge in [-0.25, -0.2) is 4.79 Å². The zero-order valence-electron chi connectivity index (χ0n) is 15.6. The number of carbonyl (C=O) groups is 2. The number of nitrogens with zero attached hydrogens (tertiary/aromatic N) is 1. The molecule has 144 valence electrons. The SMILES string of the molecule is COC(=O)c1ccc2[nH]c3c(c2c1)CN(C(=O)CCc1ccccc1Cl)CC3. The minimum absolute atomic E-state index is 0.115. The average molecular weight is 397 g/mol. The maximum Gasteiger partial charge on any atom is 0.337 e. The van der Waals surface area contributed by atoms with E-state index < -0.39 is 0 Å². The second-order valence-electron chi connectivity index (χ2n) is 6.99. The van der Waals surface area contributed by atoms with Crippen LogP contribution in [0.4, 0.5) is 0 Å². The van der Waals surface area contributed by atoms with Crippen LogP contribution in [0.25, 0.3) is 10.9 Å². The van der Waals surface area contributed by atoms with Crippen LogP contribution in [0.2, 0.25) is 5.02 Å². The fourth-order valence-electron chi connectivity index (χ4n) is 3.77. The number of rotatable bonds is 4. The molecule has 3 aromatic rings. The average Bonchev–Trinajstić information content (AvgIpc) is 3.09. The Kier molecular flexibility index (Phi) is 5.09. The molecule has 1 aromatic heterocycles. The predicted octanol–water partition coefficient (Wildman–Crippen LogP) is 4.13. The Morgan fingerprint density at radius 2 is 2.04 bits per heavy atom. The predicted molar refractivity (Wildman–Crippen MR) is 109 cm³/mol. The van der Waals surface area contributed by atoms with E-state index in [9.17, 15) is 9.59 Å². The maximum absolute atomic E-state index is 12.8. The van der Waals surface area contributed by atoms with E-state index in [4.69, 9.17) is 16.3 Å². The van der Waals surface area contributed by atoms with Crippen LogP contribution in [0.3, 0.4) is 0 Å². The molecule has 0 bridgehead atoms. The van der Waals surface area contributed by atoms with Crippen molar-refractivity contribution in [2.24, 2.45) is 0 Å². The molecule has 5 nitrogen and oxygen atoms in total. The molecule has 1 N–H and O–H groups in total. The Hall–Kier alpha value is -2.79. The molecule has 4 rings (SSSR count). The van der Waals surface area contributed by atoms with Crippen molar-refractivity contribution >= 4 is 34.4 Å². The molecular weight excluding hydrogens is 376 g/mol. The highest BCUT2D eigenvalue weighted by molar-refractivity contribution is 6.31. The van der Waals surface area contributed by atoms with E-state index in [1.54, 1.807) is 6.07 Å². The molecule has 1 amide bonds. The summed E-state index contributed by atoms with van der Waals surface area (Å²) < 4.78 is 4.82. The van der Waals surface area contributed by atoms with Crippen LogP contribution in [-0.2, 0) is 28.9 Å². The van der Waals surface area contributed by atoms with Gasteiger partial charge in [-0.1, -0.05) is 29.8 Å². The number of carbonyl (C=O) groups excluding carboxylic acids is 2. The molecule has 28 heavy (non-hydrogen) atoms. The quantitative estimate of drug-likeness (QED) is 0.674. The topological polar surface area (TPSA) is 62.4 Å². The van der Waals surface area contributed by atoms with Crippen molar-refractivity contribution in [3.8, 4) is 0 Å². The largest absolute Gasteiger partial charge is 0.465 e. The molecule has 2 heterocycles. The molecule has 0 saturated carbocycles. The first kappa shape index (κ1) is 18.6. The molecule has 0 spiro atoms. The second kappa shape index (κ2) is 7.68. The van der Waals surface area contributed by atoms with Gasteiger partial charge in [-0.2, -0.15) is 0 Å². The number of aromatic amines is 1. The summed E-state index contributed by atoms with van der Waals surface area (Å²) in [6.45, 7) is 1.23. The lowest BCUT2D eigenvalue weighted by Crippen LogP contribution is -2.35. The van der Waals surface area contributed by atoms with Gasteiger partial charge in [0.25, 0.3) is 0 Å². The first-order chi connectivity index (χ1) is 13.6. The number of amides is 1. The summed E-state index contributed by atoms with van der Waals surface area (Å²) in [7, 11) is 1.37. The van der Waals surface area contributed by atoms with Gasteiger partial charge < -0.3 is 14.6 Å². The van der Waals surface area contributed by atoms with Crippen molar-refractivity contribution in [3.05, 3.63) is 69.9 Å². The molecule has 1 aliphatic rings. The number of esters is 1. The van der Waals surface area contributed by atoms with E-state index in [1.165, 1.54) is 7.11 Å². The van der Waals surface area contributed by atoms with E-state index in [0.717, 1.165) is 34.1 Å². The second-order valence-corrected chi connectivity index (χ2v) is 7.40. The first-order valence-electron chi connectivity index (χ1n) is 9.30. The lowest BCUT2D eigenvalue weighted by molar-refractivity contribution is -0.132. The summed E-state index contributed by atoms with van der Waals surface area (Å²) in [4.78, 5) is 29.9. The normalized spacial score (nSPS) is 13.4. The molecule has 2 aromatic carbocycles. The lowest BCUT2D eigenvalue weighted by atomic mass is 10.0. The number of hydrogen-bond donors (Lipinski definition) is 1. The summed E-state index contributed by atoms with van der Waals surface area (Å²) in [6.07, 6.45) is 1.83. The van der Waals surface area contributed by atoms with Crippen LogP contribution < -0.4 is 0 Å². The Morgan fingerprint density at radius 1 is 1.21 bits per heavy atom. The van der Waals surface area contributed by atoms with Crippen LogP contribution in [0.15, 0.2) is 42.5 Å². The first-order valence-corrected chi connectivity index (χ1v) is 9.67. The summed E-state index contributed by atoms with van der Waals surface area (Å²) in [5, 5.41) is 1.67. The summed E-state index contributed by atoms with van der Waals surface area (Å²) in [5.41, 5.74) is 4.69. The van der Waals surface area contributed by atoms with E-state index in [2.05, 4.69) is 4.98 Å². The van der Waals surface area contributed by atoms with Gasteiger partial charge in [0.05, 0.1) is 12.7 Å². The zero-order chi connectivity index (χ0) is 19.7. The standard InChI is InChI=1S/C22H21ClN2O3/c1-28-22(27)15-6-8-19-16(12-15)17-13-25(11-10-20(17)24-19)21(26)9-7-14-4-2-3-5-18(14)23/h2-6,8,12,24H,7,9-11,13H2,1H3. The fraction of sp³-hybridized carbons (Fsp3) is 0.273. The molecule has 1 aliphatic heterocycles. The molecule has 6 heteroatoms. The lowest BCUT2D eigenvalue weighted by Gasteiger charge is -2.27. The van der Waals surface area contributed by atoms with Crippen molar-refractivity contribution in [2.75, 3.05) is 13.7 Å². The highest BCUT2D eigenvalue weighted by Crippen LogP contribution is 2.29. The number of benzene rings is 2. The van der Waals surface area contributed by atoms with Crippen molar-refractivity contribution in [1.82, 2.24) is 9.88 Å². The van der Waals surface area contributed by atoms with E-state index in [0.29, 0.717) is 36.5 Å². The number of methoxy groups -OCH3 is 1. The summed E-state index contributed by atoms with van der Waals surface area (Å²) >= 11 is 6.20. The number of fused-ring (bicyclic) bond motifs is 3. The number of aryl methyl sites for hydroxylation is 1. The summed E-state index contributed by atoms with van der Waals surface area (Å²) in [5.74, 6) is -0.246. The van der Waals surface area contributed by atoms with Crippen molar-refractivity contribution in [1.29, 1.82) is 0 Å². The van der Waals surface area contributed by atoms with Crippen molar-refractivity contribution in [3.63, 3.8) is 0 Å². The number of halogens is 1. The van der Waals surface area contributed by atoms with Crippen LogP contribution in [-0.4, -0.2) is 35.4 Å². The van der Waals surface area contributed by atoms with Crippen LogP contribution in [0.5, 0.6) is 0 Å². The van der Waals surface area contributed by atoms with Gasteiger partial charge in [-0.15, -0.1) is 0 Å². The number of aromatic nitrogens is 1. The van der Waals surface area contributed by atoms with Gasteiger partial charge >= 0.3 is 5.97 Å². The number of H-pyrrole nitrogens is 1. The van der Waals surface area contributed by atoms with Crippen LogP contribution in [0.1, 0.15) is 33.6 Å². The maximum atomic E-state index is 12.8. The summed E-state index contributed by atoms with van der Waals surface area (Å²) in [6, 6.07) is 13.1. The molecule has 0 atom stereocenters. The zero-order valence-corrected chi connectivity index (χ0v) is 16.4. The molecule has 0 aliphatic carbocycles. The van der Waals surface area contributed by atoms with Gasteiger partial charge in [0, 0.05) is 53.1 Å². The van der Waals surface area contributed by atoms with Crippen molar-refractivity contribution in [2.45, 2.75) is 25.8 Å². The third kappa shape index (κ3) is 3.50. The number of ether oxygens (including phenoxy) is 1. The van der Waals surface area contributed by atoms with Crippen LogP contribution in [0, 0.1) is 0 Å². The minimum Gasteiger partial charge on any atom is -0.465 e. The molecule has 0 saturated heterocycles. The Morgan fingerprint density at radius 3 is 2.82 bits per heavy atom. The Labute approximate surface area is 168 Å². The van der Waals surface area contributed by atoms with Crippen LogP contribution >= 0.6 is 11.6 Å². The smallest absolute Gasteiger partial charge is 0.337 e. The molecule has 0 unspecified atom stereocenters. The Bertz CT molecular complexity index is 1060.